The maximum absolute atomic E-state index is 12.4. The summed E-state index contributed by atoms with van der Waals surface area (Å²) in [6.07, 6.45) is 3.90. The average molecular weight is 498 g/mol. The number of nitrogens with one attached hydrogen (secondary N) is 2. The average Bonchev–Trinajstić information content (AvgIpc) is 3.59. The zero-order chi connectivity index (χ0) is 23.7. The normalized spacial score (nSPS) is 12.9. The number of methoxy groups -OCH3 is 2. The molecule has 1 aliphatic carbocycles. The van der Waals surface area contributed by atoms with Crippen LogP contribution in [0.4, 0.5) is 15.6 Å². The minimum absolute atomic E-state index is 0.321. The first-order valence-corrected chi connectivity index (χ1v) is 11.6. The van der Waals surface area contributed by atoms with E-state index in [0.717, 1.165) is 23.2 Å². The fourth-order valence-corrected chi connectivity index (χ4v) is 4.48. The van der Waals surface area contributed by atoms with Crippen LogP contribution in [0.25, 0.3) is 10.9 Å². The van der Waals surface area contributed by atoms with Gasteiger partial charge in [0.1, 0.15) is 16.5 Å². The van der Waals surface area contributed by atoms with Gasteiger partial charge in [-0.3, -0.25) is 10.3 Å². The molecule has 0 saturated heterocycles. The SMILES string of the molecule is COc1cc2nccc(Oc3ccc(NC(=O)Nc4nnc(C5CC5)s4)c(Cl)c3)c2cc1OC. The summed E-state index contributed by atoms with van der Waals surface area (Å²) in [4.78, 5) is 16.7. The Morgan fingerprint density at radius 1 is 1.03 bits per heavy atom. The van der Waals surface area contributed by atoms with Crippen LogP contribution in [-0.4, -0.2) is 35.4 Å². The van der Waals surface area contributed by atoms with E-state index in [1.165, 1.54) is 11.3 Å². The van der Waals surface area contributed by atoms with E-state index in [1.807, 2.05) is 0 Å². The lowest BCUT2D eigenvalue weighted by molar-refractivity contribution is 0.262. The highest BCUT2D eigenvalue weighted by atomic mass is 35.5. The van der Waals surface area contributed by atoms with Crippen molar-refractivity contribution in [3.63, 3.8) is 0 Å². The van der Waals surface area contributed by atoms with Crippen molar-refractivity contribution in [1.29, 1.82) is 0 Å². The van der Waals surface area contributed by atoms with Crippen LogP contribution >= 0.6 is 22.9 Å². The topological polar surface area (TPSA) is 107 Å². The molecule has 1 fully saturated rings. The third kappa shape index (κ3) is 4.68. The first kappa shape index (κ1) is 22.2. The Morgan fingerprint density at radius 2 is 1.82 bits per heavy atom. The number of benzene rings is 2. The number of carbonyl (C=O) groups excluding carboxylic acids is 1. The summed E-state index contributed by atoms with van der Waals surface area (Å²) in [5.41, 5.74) is 1.13. The van der Waals surface area contributed by atoms with Gasteiger partial charge in [-0.15, -0.1) is 10.2 Å². The molecule has 11 heteroatoms. The predicted molar refractivity (Wildman–Crippen MR) is 131 cm³/mol. The van der Waals surface area contributed by atoms with Gasteiger partial charge in [-0.25, -0.2) is 4.79 Å². The molecule has 34 heavy (non-hydrogen) atoms. The number of carbonyl (C=O) groups is 1. The molecule has 2 aromatic heterocycles. The van der Waals surface area contributed by atoms with Crippen molar-refractivity contribution in [2.24, 2.45) is 0 Å². The highest BCUT2D eigenvalue weighted by Gasteiger charge is 2.27. The molecule has 0 radical (unpaired) electrons. The minimum atomic E-state index is -0.449. The fourth-order valence-electron chi connectivity index (χ4n) is 3.36. The second kappa shape index (κ2) is 9.32. The van der Waals surface area contributed by atoms with Crippen molar-refractivity contribution >= 4 is 50.7 Å². The summed E-state index contributed by atoms with van der Waals surface area (Å²) in [6.45, 7) is 0. The van der Waals surface area contributed by atoms with E-state index in [-0.39, 0.29) is 0 Å². The molecule has 4 aromatic rings. The van der Waals surface area contributed by atoms with Crippen molar-refractivity contribution in [3.05, 3.63) is 52.6 Å². The molecule has 0 spiro atoms. The van der Waals surface area contributed by atoms with E-state index in [4.69, 9.17) is 25.8 Å². The molecule has 2 N–H and O–H groups in total. The standard InChI is InChI=1S/C23H20ClN5O4S/c1-31-19-10-14-17(11-20(19)32-2)25-8-7-18(14)33-13-5-6-16(15(24)9-13)26-22(30)27-23-29-28-21(34-23)12-3-4-12/h5-12H,3-4H2,1-2H3,(H2,26,27,29,30). The van der Waals surface area contributed by atoms with E-state index >= 15 is 0 Å². The summed E-state index contributed by atoms with van der Waals surface area (Å²) in [7, 11) is 3.14. The van der Waals surface area contributed by atoms with Gasteiger partial charge in [0, 0.05) is 29.6 Å². The Morgan fingerprint density at radius 3 is 2.56 bits per heavy atom. The molecule has 2 amide bonds. The van der Waals surface area contributed by atoms with Crippen LogP contribution in [0.5, 0.6) is 23.0 Å². The number of pyridine rings is 1. The monoisotopic (exact) mass is 497 g/mol. The molecule has 1 saturated carbocycles. The summed E-state index contributed by atoms with van der Waals surface area (Å²) in [5.74, 6) is 2.70. The maximum atomic E-state index is 12.4. The van der Waals surface area contributed by atoms with Crippen molar-refractivity contribution in [1.82, 2.24) is 15.2 Å². The van der Waals surface area contributed by atoms with Crippen LogP contribution in [0.2, 0.25) is 5.02 Å². The van der Waals surface area contributed by atoms with Gasteiger partial charge < -0.3 is 19.5 Å². The molecule has 0 unspecified atom stereocenters. The van der Waals surface area contributed by atoms with Crippen LogP contribution in [0.1, 0.15) is 23.8 Å². The molecule has 0 bridgehead atoms. The number of hydrogen-bond donors (Lipinski definition) is 2. The Labute approximate surface area is 204 Å². The zero-order valence-corrected chi connectivity index (χ0v) is 19.9. The van der Waals surface area contributed by atoms with Gasteiger partial charge in [0.05, 0.1) is 30.4 Å². The van der Waals surface area contributed by atoms with Crippen molar-refractivity contribution in [2.45, 2.75) is 18.8 Å². The molecule has 0 atom stereocenters. The summed E-state index contributed by atoms with van der Waals surface area (Å²) < 4.78 is 16.8. The second-order valence-corrected chi connectivity index (χ2v) is 8.99. The van der Waals surface area contributed by atoms with E-state index in [2.05, 4.69) is 25.8 Å². The molecular formula is C23H20ClN5O4S. The van der Waals surface area contributed by atoms with Gasteiger partial charge in [0.25, 0.3) is 0 Å². The Bertz CT molecular complexity index is 1370. The van der Waals surface area contributed by atoms with Crippen LogP contribution < -0.4 is 24.8 Å². The molecule has 0 aliphatic heterocycles. The lowest BCUT2D eigenvalue weighted by Gasteiger charge is -2.13. The number of anilines is 2. The molecular weight excluding hydrogens is 478 g/mol. The molecule has 5 rings (SSSR count). The number of urea groups is 1. The summed E-state index contributed by atoms with van der Waals surface area (Å²) in [6, 6.07) is 9.89. The number of hydrogen-bond acceptors (Lipinski definition) is 8. The quantitative estimate of drug-likeness (QED) is 0.319. The van der Waals surface area contributed by atoms with E-state index in [0.29, 0.717) is 50.3 Å². The van der Waals surface area contributed by atoms with Gasteiger partial charge in [0.2, 0.25) is 5.13 Å². The predicted octanol–water partition coefficient (Wildman–Crippen LogP) is 6.07. The molecule has 1 aliphatic rings. The van der Waals surface area contributed by atoms with Gasteiger partial charge in [-0.1, -0.05) is 22.9 Å². The van der Waals surface area contributed by atoms with E-state index < -0.39 is 6.03 Å². The number of rotatable bonds is 7. The highest BCUT2D eigenvalue weighted by Crippen LogP contribution is 2.42. The van der Waals surface area contributed by atoms with Crippen LogP contribution in [0, 0.1) is 0 Å². The van der Waals surface area contributed by atoms with E-state index in [1.54, 1.807) is 56.8 Å². The first-order chi connectivity index (χ1) is 16.5. The third-order valence-corrected chi connectivity index (χ3v) is 6.52. The number of aromatic nitrogens is 3. The number of ether oxygens (including phenoxy) is 3. The number of halogens is 1. The fraction of sp³-hybridized carbons (Fsp3) is 0.217. The second-order valence-electron chi connectivity index (χ2n) is 7.58. The lowest BCUT2D eigenvalue weighted by atomic mass is 10.2. The zero-order valence-electron chi connectivity index (χ0n) is 18.3. The van der Waals surface area contributed by atoms with Crippen molar-refractivity contribution in [3.8, 4) is 23.0 Å². The third-order valence-electron chi connectivity index (χ3n) is 5.21. The Hall–Kier alpha value is -3.63. The molecule has 9 nitrogen and oxygen atoms in total. The lowest BCUT2D eigenvalue weighted by Crippen LogP contribution is -2.19. The Balaban J connectivity index is 1.30. The molecule has 174 valence electrons. The first-order valence-electron chi connectivity index (χ1n) is 10.4. The minimum Gasteiger partial charge on any atom is -0.493 e. The van der Waals surface area contributed by atoms with Gasteiger partial charge in [0.15, 0.2) is 11.5 Å². The number of nitrogens with zero attached hydrogens (tertiary/aromatic N) is 3. The van der Waals surface area contributed by atoms with Gasteiger partial charge in [-0.05, 0) is 37.1 Å². The van der Waals surface area contributed by atoms with Crippen LogP contribution in [0.15, 0.2) is 42.6 Å². The molecule has 2 heterocycles. The van der Waals surface area contributed by atoms with Gasteiger partial charge in [-0.2, -0.15) is 0 Å². The smallest absolute Gasteiger partial charge is 0.325 e. The van der Waals surface area contributed by atoms with E-state index in [9.17, 15) is 4.79 Å². The van der Waals surface area contributed by atoms with Crippen molar-refractivity contribution in [2.75, 3.05) is 24.9 Å². The largest absolute Gasteiger partial charge is 0.493 e. The Kier molecular flexibility index (Phi) is 6.08. The molecule has 2 aromatic carbocycles. The summed E-state index contributed by atoms with van der Waals surface area (Å²) in [5, 5.41) is 16.0. The van der Waals surface area contributed by atoms with Gasteiger partial charge >= 0.3 is 6.03 Å². The number of amides is 2. The van der Waals surface area contributed by atoms with Crippen LogP contribution in [-0.2, 0) is 0 Å². The highest BCUT2D eigenvalue weighted by molar-refractivity contribution is 7.15. The maximum Gasteiger partial charge on any atom is 0.325 e. The van der Waals surface area contributed by atoms with Crippen molar-refractivity contribution < 1.29 is 19.0 Å². The summed E-state index contributed by atoms with van der Waals surface area (Å²) >= 11 is 7.79. The van der Waals surface area contributed by atoms with Crippen LogP contribution in [0.3, 0.4) is 0 Å². The number of fused-ring (bicyclic) bond motifs is 1.